The van der Waals surface area contributed by atoms with Gasteiger partial charge in [-0.15, -0.1) is 10.2 Å². The maximum absolute atomic E-state index is 13.7. The summed E-state index contributed by atoms with van der Waals surface area (Å²) in [5, 5.41) is 12.7. The Bertz CT molecular complexity index is 1530. The largest absolute Gasteiger partial charge is 0.379 e. The van der Waals surface area contributed by atoms with Gasteiger partial charge in [0.05, 0.1) is 45.8 Å². The summed E-state index contributed by atoms with van der Waals surface area (Å²) in [6.45, 7) is 3.36. The predicted octanol–water partition coefficient (Wildman–Crippen LogP) is 3.73. The van der Waals surface area contributed by atoms with Gasteiger partial charge >= 0.3 is 0 Å². The number of rotatable bonds is 9. The Morgan fingerprint density at radius 1 is 1.05 bits per heavy atom. The van der Waals surface area contributed by atoms with Gasteiger partial charge < -0.3 is 9.47 Å². The topological polar surface area (TPSA) is 138 Å². The van der Waals surface area contributed by atoms with Gasteiger partial charge in [0.15, 0.2) is 5.82 Å². The van der Waals surface area contributed by atoms with Crippen LogP contribution in [0, 0.1) is 0 Å². The van der Waals surface area contributed by atoms with E-state index >= 15 is 0 Å². The summed E-state index contributed by atoms with van der Waals surface area (Å²) < 4.78 is 45.3. The van der Waals surface area contributed by atoms with Gasteiger partial charge in [-0.2, -0.15) is 5.10 Å². The van der Waals surface area contributed by atoms with Crippen LogP contribution >= 0.6 is 11.6 Å². The number of hydrogen-bond acceptors (Lipinski definition) is 9. The summed E-state index contributed by atoms with van der Waals surface area (Å²) in [4.78, 5) is 8.42. The molecule has 1 fully saturated rings. The fraction of sp³-hybridized carbons (Fsp3) is 0.480. The van der Waals surface area contributed by atoms with Crippen LogP contribution in [-0.2, 0) is 19.5 Å². The highest BCUT2D eigenvalue weighted by atomic mass is 35.5. The highest BCUT2D eigenvalue weighted by Crippen LogP contribution is 2.39. The molecule has 0 amide bonds. The summed E-state index contributed by atoms with van der Waals surface area (Å²) in [5.41, 5.74) is 1.51. The van der Waals surface area contributed by atoms with Gasteiger partial charge in [-0.1, -0.05) is 24.6 Å². The first-order chi connectivity index (χ1) is 18.7. The molecule has 1 unspecified atom stereocenters. The number of ether oxygens (including phenoxy) is 2. The number of hydrogen-bond donors (Lipinski definition) is 1. The van der Waals surface area contributed by atoms with Crippen LogP contribution in [-0.4, -0.2) is 74.4 Å². The van der Waals surface area contributed by atoms with E-state index in [2.05, 4.69) is 30.0 Å². The lowest BCUT2D eigenvalue weighted by Gasteiger charge is -2.38. The van der Waals surface area contributed by atoms with Crippen LogP contribution in [0.15, 0.2) is 43.0 Å². The zero-order valence-corrected chi connectivity index (χ0v) is 23.7. The van der Waals surface area contributed by atoms with Crippen LogP contribution < -0.4 is 4.72 Å². The van der Waals surface area contributed by atoms with Crippen molar-refractivity contribution >= 4 is 33.1 Å². The molecular weight excluding hydrogens is 544 g/mol. The van der Waals surface area contributed by atoms with E-state index in [1.807, 2.05) is 24.4 Å². The quantitative estimate of drug-likeness (QED) is 0.317. The van der Waals surface area contributed by atoms with Gasteiger partial charge in [-0.3, -0.25) is 9.29 Å². The molecule has 39 heavy (non-hydrogen) atoms. The minimum Gasteiger partial charge on any atom is -0.379 e. The Morgan fingerprint density at radius 3 is 2.41 bits per heavy atom. The number of pyridine rings is 1. The van der Waals surface area contributed by atoms with Gasteiger partial charge in [-0.05, 0) is 38.3 Å². The van der Waals surface area contributed by atoms with Crippen LogP contribution in [0.4, 0.5) is 5.95 Å². The summed E-state index contributed by atoms with van der Waals surface area (Å²) in [7, 11) is -0.672. The zero-order valence-electron chi connectivity index (χ0n) is 22.1. The highest BCUT2D eigenvalue weighted by molar-refractivity contribution is 7.93. The molecule has 0 radical (unpaired) electrons. The number of anilines is 1. The van der Waals surface area contributed by atoms with E-state index in [1.165, 1.54) is 12.4 Å². The van der Waals surface area contributed by atoms with Crippen molar-refractivity contribution in [3.63, 3.8) is 0 Å². The Morgan fingerprint density at radius 2 is 1.74 bits per heavy atom. The van der Waals surface area contributed by atoms with E-state index < -0.39 is 21.2 Å². The normalized spacial score (nSPS) is 21.6. The molecule has 14 heteroatoms. The molecule has 0 spiro atoms. The first kappa shape index (κ1) is 27.4. The molecule has 4 aromatic rings. The van der Waals surface area contributed by atoms with E-state index in [1.54, 1.807) is 43.3 Å². The maximum atomic E-state index is 13.7. The number of fused-ring (bicyclic) bond motifs is 1. The van der Waals surface area contributed by atoms with E-state index in [0.29, 0.717) is 22.2 Å². The van der Waals surface area contributed by atoms with Gasteiger partial charge in [0.2, 0.25) is 16.0 Å². The second-order valence-corrected chi connectivity index (χ2v) is 12.2. The minimum atomic E-state index is -3.97. The van der Waals surface area contributed by atoms with Crippen LogP contribution in [0.25, 0.3) is 16.9 Å². The highest BCUT2D eigenvalue weighted by Gasteiger charge is 2.40. The van der Waals surface area contributed by atoms with Gasteiger partial charge in [0, 0.05) is 38.7 Å². The monoisotopic (exact) mass is 574 g/mol. The van der Waals surface area contributed by atoms with Crippen molar-refractivity contribution in [2.45, 2.75) is 62.5 Å². The predicted molar refractivity (Wildman–Crippen MR) is 146 cm³/mol. The van der Waals surface area contributed by atoms with Crippen molar-refractivity contribution in [3.8, 4) is 11.4 Å². The lowest BCUT2D eigenvalue weighted by molar-refractivity contribution is -0.0547. The van der Waals surface area contributed by atoms with E-state index in [-0.39, 0.29) is 24.2 Å². The molecule has 0 bridgehead atoms. The number of sulfonamides is 1. The van der Waals surface area contributed by atoms with Crippen LogP contribution in [0.3, 0.4) is 0 Å². The second-order valence-electron chi connectivity index (χ2n) is 9.68. The molecule has 5 atom stereocenters. The van der Waals surface area contributed by atoms with Crippen molar-refractivity contribution in [2.24, 2.45) is 0 Å². The SMILES string of the molecule is CO[C@H]1CCC[C@@H](OC)C1n1c(NS(=O)(=O)[C@@H](C)[C@H](C)c2ncc(Cl)cn2)nnc1-c1cnn2ccccc12. The number of nitrogens with one attached hydrogen (secondary N) is 1. The molecule has 1 saturated carbocycles. The molecule has 4 aromatic heterocycles. The third-order valence-corrected chi connectivity index (χ3v) is 9.53. The molecule has 208 valence electrons. The maximum Gasteiger partial charge on any atom is 0.239 e. The smallest absolute Gasteiger partial charge is 0.239 e. The summed E-state index contributed by atoms with van der Waals surface area (Å²) in [5.74, 6) is 0.388. The van der Waals surface area contributed by atoms with E-state index in [9.17, 15) is 8.42 Å². The van der Waals surface area contributed by atoms with E-state index in [0.717, 1.165) is 24.8 Å². The lowest BCUT2D eigenvalue weighted by atomic mass is 9.89. The summed E-state index contributed by atoms with van der Waals surface area (Å²) in [6.07, 6.45) is 8.41. The van der Waals surface area contributed by atoms with Crippen LogP contribution in [0.2, 0.25) is 5.02 Å². The molecule has 1 aliphatic rings. The summed E-state index contributed by atoms with van der Waals surface area (Å²) in [6, 6.07) is 5.32. The van der Waals surface area contributed by atoms with Crippen molar-refractivity contribution in [1.82, 2.24) is 34.3 Å². The molecule has 0 aromatic carbocycles. The Balaban J connectivity index is 1.59. The fourth-order valence-electron chi connectivity index (χ4n) is 5.14. The number of nitrogens with zero attached hydrogens (tertiary/aromatic N) is 7. The zero-order chi connectivity index (χ0) is 27.7. The molecule has 12 nitrogen and oxygen atoms in total. The van der Waals surface area contributed by atoms with Gasteiger partial charge in [0.1, 0.15) is 5.82 Å². The first-order valence-electron chi connectivity index (χ1n) is 12.7. The van der Waals surface area contributed by atoms with Gasteiger partial charge in [0.25, 0.3) is 0 Å². The Labute approximate surface area is 231 Å². The molecule has 4 heterocycles. The van der Waals surface area contributed by atoms with Crippen molar-refractivity contribution in [1.29, 1.82) is 0 Å². The van der Waals surface area contributed by atoms with Gasteiger partial charge in [-0.25, -0.2) is 22.9 Å². The van der Waals surface area contributed by atoms with Crippen molar-refractivity contribution < 1.29 is 17.9 Å². The third-order valence-electron chi connectivity index (χ3n) is 7.48. The van der Waals surface area contributed by atoms with Crippen molar-refractivity contribution in [3.05, 3.63) is 53.8 Å². The number of halogens is 1. The average Bonchev–Trinajstić information content (AvgIpc) is 3.55. The summed E-state index contributed by atoms with van der Waals surface area (Å²) >= 11 is 5.91. The number of methoxy groups -OCH3 is 2. The van der Waals surface area contributed by atoms with Crippen LogP contribution in [0.5, 0.6) is 0 Å². The average molecular weight is 575 g/mol. The molecule has 5 rings (SSSR count). The Kier molecular flexibility index (Phi) is 7.85. The first-order valence-corrected chi connectivity index (χ1v) is 14.6. The van der Waals surface area contributed by atoms with Crippen LogP contribution in [0.1, 0.15) is 50.9 Å². The van der Waals surface area contributed by atoms with Crippen molar-refractivity contribution in [2.75, 3.05) is 18.9 Å². The Hall–Kier alpha value is -3.13. The third kappa shape index (κ3) is 5.23. The molecule has 0 aliphatic heterocycles. The fourth-order valence-corrected chi connectivity index (χ4v) is 6.47. The lowest BCUT2D eigenvalue weighted by Crippen LogP contribution is -2.41. The minimum absolute atomic E-state index is 0.0763. The standard InChI is InChI=1S/C25H31ClN8O4S/c1-15(23-27-12-17(26)13-28-23)16(2)39(35,36)32-25-31-30-24(18-14-29-33-11-6-5-8-19(18)33)34(25)22-20(37-3)9-7-10-21(22)38-4/h5-6,8,11-16,20-22H,7,9-10H2,1-4H3,(H,31,32)/t15-,16-,20-,21+,22?/m0/s1. The number of aromatic nitrogens is 7. The molecule has 1 aliphatic carbocycles. The second kappa shape index (κ2) is 11.2. The molecular formula is C25H31ClN8O4S. The van der Waals surface area contributed by atoms with E-state index in [4.69, 9.17) is 21.1 Å². The molecule has 1 N–H and O–H groups in total. The molecule has 0 saturated heterocycles.